The van der Waals surface area contributed by atoms with Gasteiger partial charge in [0.05, 0.1) is 7.11 Å². The van der Waals surface area contributed by atoms with Crippen molar-refractivity contribution in [1.29, 1.82) is 0 Å². The molecule has 0 aliphatic rings. The molecule has 7 nitrogen and oxygen atoms in total. The molecule has 0 saturated heterocycles. The number of anilines is 1. The largest absolute Gasteiger partial charge is 0.496 e. The highest BCUT2D eigenvalue weighted by Crippen LogP contribution is 2.36. The molecule has 0 aromatic heterocycles. The SMILES string of the molecule is COc1ccc(NC(=O)OC(C)(C)C)cc1C(C)(C)C(O)C(=O)O. The molecule has 0 radical (unpaired) electrons. The highest BCUT2D eigenvalue weighted by atomic mass is 16.6. The fourth-order valence-electron chi connectivity index (χ4n) is 2.17. The van der Waals surface area contributed by atoms with E-state index in [0.717, 1.165) is 0 Å². The Balaban J connectivity index is 3.17. The summed E-state index contributed by atoms with van der Waals surface area (Å²) < 4.78 is 10.4. The van der Waals surface area contributed by atoms with E-state index in [2.05, 4.69) is 5.32 Å². The minimum absolute atomic E-state index is 0.408. The van der Waals surface area contributed by atoms with Crippen LogP contribution in [0.5, 0.6) is 5.75 Å². The van der Waals surface area contributed by atoms with Crippen LogP contribution in [0.25, 0.3) is 0 Å². The zero-order valence-corrected chi connectivity index (χ0v) is 14.8. The minimum Gasteiger partial charge on any atom is -0.496 e. The van der Waals surface area contributed by atoms with Crippen LogP contribution in [-0.4, -0.2) is 41.1 Å². The first kappa shape index (κ1) is 19.8. The van der Waals surface area contributed by atoms with Crippen LogP contribution in [0.4, 0.5) is 10.5 Å². The summed E-state index contributed by atoms with van der Waals surface area (Å²) in [6.45, 7) is 8.41. The quantitative estimate of drug-likeness (QED) is 0.762. The van der Waals surface area contributed by atoms with Gasteiger partial charge in [-0.3, -0.25) is 5.32 Å². The van der Waals surface area contributed by atoms with Crippen molar-refractivity contribution in [3.05, 3.63) is 23.8 Å². The molecule has 24 heavy (non-hydrogen) atoms. The van der Waals surface area contributed by atoms with Gasteiger partial charge in [0.25, 0.3) is 0 Å². The summed E-state index contributed by atoms with van der Waals surface area (Å²) in [6.07, 6.45) is -2.27. The number of nitrogens with one attached hydrogen (secondary N) is 1. The van der Waals surface area contributed by atoms with E-state index in [0.29, 0.717) is 17.0 Å². The average Bonchev–Trinajstić information content (AvgIpc) is 2.44. The summed E-state index contributed by atoms with van der Waals surface area (Å²) in [7, 11) is 1.45. The molecule has 3 N–H and O–H groups in total. The van der Waals surface area contributed by atoms with E-state index in [4.69, 9.17) is 14.6 Å². The highest BCUT2D eigenvalue weighted by molar-refractivity contribution is 5.85. The van der Waals surface area contributed by atoms with Gasteiger partial charge < -0.3 is 19.7 Å². The number of benzene rings is 1. The van der Waals surface area contributed by atoms with Crippen molar-refractivity contribution in [3.8, 4) is 5.75 Å². The minimum atomic E-state index is -1.64. The van der Waals surface area contributed by atoms with E-state index >= 15 is 0 Å². The number of amides is 1. The number of carboxylic acid groups (broad SMARTS) is 1. The van der Waals surface area contributed by atoms with Gasteiger partial charge in [-0.2, -0.15) is 0 Å². The van der Waals surface area contributed by atoms with Crippen LogP contribution in [0.1, 0.15) is 40.2 Å². The molecule has 0 saturated carbocycles. The molecule has 0 aliphatic heterocycles. The van der Waals surface area contributed by atoms with E-state index in [1.807, 2.05) is 0 Å². The molecule has 1 atom stereocenters. The molecule has 134 valence electrons. The van der Waals surface area contributed by atoms with Gasteiger partial charge in [0.15, 0.2) is 6.10 Å². The number of rotatable bonds is 5. The van der Waals surface area contributed by atoms with Gasteiger partial charge in [-0.25, -0.2) is 9.59 Å². The van der Waals surface area contributed by atoms with E-state index in [1.54, 1.807) is 52.8 Å². The molecule has 0 fully saturated rings. The first-order valence-electron chi connectivity index (χ1n) is 7.48. The van der Waals surface area contributed by atoms with Crippen molar-refractivity contribution in [2.24, 2.45) is 0 Å². The van der Waals surface area contributed by atoms with Gasteiger partial charge in [-0.1, -0.05) is 13.8 Å². The maximum Gasteiger partial charge on any atom is 0.412 e. The lowest BCUT2D eigenvalue weighted by molar-refractivity contribution is -0.150. The van der Waals surface area contributed by atoms with Crippen LogP contribution in [0.2, 0.25) is 0 Å². The zero-order chi connectivity index (χ0) is 18.7. The third kappa shape index (κ3) is 4.86. The Bertz CT molecular complexity index is 618. The number of methoxy groups -OCH3 is 1. The molecule has 1 amide bonds. The maximum absolute atomic E-state index is 11.9. The number of aliphatic hydroxyl groups excluding tert-OH is 1. The Morgan fingerprint density at radius 3 is 2.21 bits per heavy atom. The number of aliphatic carboxylic acids is 1. The molecule has 0 aliphatic carbocycles. The van der Waals surface area contributed by atoms with Crippen LogP contribution in [0, 0.1) is 0 Å². The van der Waals surface area contributed by atoms with E-state index < -0.39 is 29.2 Å². The Morgan fingerprint density at radius 1 is 1.17 bits per heavy atom. The van der Waals surface area contributed by atoms with Crippen LogP contribution in [0.15, 0.2) is 18.2 Å². The predicted octanol–water partition coefficient (Wildman–Crippen LogP) is 2.77. The van der Waals surface area contributed by atoms with Gasteiger partial charge in [-0.05, 0) is 39.0 Å². The molecular weight excluding hydrogens is 314 g/mol. The first-order valence-corrected chi connectivity index (χ1v) is 7.48. The molecule has 0 heterocycles. The Morgan fingerprint density at radius 2 is 1.75 bits per heavy atom. The summed E-state index contributed by atoms with van der Waals surface area (Å²) in [6, 6.07) is 4.77. The maximum atomic E-state index is 11.9. The summed E-state index contributed by atoms with van der Waals surface area (Å²) in [5.41, 5.74) is -0.916. The molecule has 7 heteroatoms. The monoisotopic (exact) mass is 339 g/mol. The number of carboxylic acids is 1. The molecule has 0 bridgehead atoms. The van der Waals surface area contributed by atoms with Crippen molar-refractivity contribution in [2.45, 2.75) is 51.7 Å². The van der Waals surface area contributed by atoms with Crippen molar-refractivity contribution in [2.75, 3.05) is 12.4 Å². The van der Waals surface area contributed by atoms with Gasteiger partial charge in [0, 0.05) is 16.7 Å². The first-order chi connectivity index (χ1) is 10.9. The summed E-state index contributed by atoms with van der Waals surface area (Å²) in [4.78, 5) is 23.0. The third-order valence-corrected chi connectivity index (χ3v) is 3.46. The molecule has 1 aromatic carbocycles. The van der Waals surface area contributed by atoms with Gasteiger partial charge >= 0.3 is 12.1 Å². The molecule has 1 rings (SSSR count). The van der Waals surface area contributed by atoms with Crippen molar-refractivity contribution < 1.29 is 29.3 Å². The fourth-order valence-corrected chi connectivity index (χ4v) is 2.17. The normalized spacial score (nSPS) is 13.1. The van der Waals surface area contributed by atoms with Crippen LogP contribution < -0.4 is 10.1 Å². The fraction of sp³-hybridized carbons (Fsp3) is 0.529. The van der Waals surface area contributed by atoms with Crippen molar-refractivity contribution >= 4 is 17.7 Å². The summed E-state index contributed by atoms with van der Waals surface area (Å²) in [5, 5.41) is 21.7. The lowest BCUT2D eigenvalue weighted by atomic mass is 9.78. The van der Waals surface area contributed by atoms with Crippen molar-refractivity contribution in [3.63, 3.8) is 0 Å². The lowest BCUT2D eigenvalue weighted by Crippen LogP contribution is -2.40. The standard InChI is InChI=1S/C17H25NO6/c1-16(2,3)24-15(22)18-10-7-8-12(23-6)11(9-10)17(4,5)13(19)14(20)21/h7-9,13,19H,1-6H3,(H,18,22)(H,20,21). The van der Waals surface area contributed by atoms with Crippen LogP contribution in [-0.2, 0) is 14.9 Å². The van der Waals surface area contributed by atoms with Crippen LogP contribution >= 0.6 is 0 Å². The van der Waals surface area contributed by atoms with Gasteiger partial charge in [0.2, 0.25) is 0 Å². The van der Waals surface area contributed by atoms with Gasteiger partial charge in [0.1, 0.15) is 11.4 Å². The van der Waals surface area contributed by atoms with E-state index in [-0.39, 0.29) is 0 Å². The molecule has 1 unspecified atom stereocenters. The predicted molar refractivity (Wildman–Crippen MR) is 89.5 cm³/mol. The number of hydrogen-bond donors (Lipinski definition) is 3. The lowest BCUT2D eigenvalue weighted by Gasteiger charge is -2.30. The number of aliphatic hydroxyl groups is 1. The molecular formula is C17H25NO6. The zero-order valence-electron chi connectivity index (χ0n) is 14.8. The average molecular weight is 339 g/mol. The topological polar surface area (TPSA) is 105 Å². The number of carbonyl (C=O) groups is 2. The third-order valence-electron chi connectivity index (χ3n) is 3.46. The second-order valence-corrected chi connectivity index (χ2v) is 7.00. The van der Waals surface area contributed by atoms with Gasteiger partial charge in [-0.15, -0.1) is 0 Å². The Labute approximate surface area is 141 Å². The van der Waals surface area contributed by atoms with Crippen molar-refractivity contribution in [1.82, 2.24) is 0 Å². The van der Waals surface area contributed by atoms with Crippen LogP contribution in [0.3, 0.4) is 0 Å². The highest BCUT2D eigenvalue weighted by Gasteiger charge is 2.37. The number of ether oxygens (including phenoxy) is 2. The Kier molecular flexibility index (Phi) is 5.84. The smallest absolute Gasteiger partial charge is 0.412 e. The van der Waals surface area contributed by atoms with E-state index in [9.17, 15) is 14.7 Å². The summed E-state index contributed by atoms with van der Waals surface area (Å²) >= 11 is 0. The molecule has 0 spiro atoms. The second kappa shape index (κ2) is 7.09. The number of carbonyl (C=O) groups excluding carboxylic acids is 1. The Hall–Kier alpha value is -2.28. The second-order valence-electron chi connectivity index (χ2n) is 7.00. The molecule has 1 aromatic rings. The summed E-state index contributed by atoms with van der Waals surface area (Å²) in [5.74, 6) is -0.928. The van der Waals surface area contributed by atoms with E-state index in [1.165, 1.54) is 7.11 Å². The number of hydrogen-bond acceptors (Lipinski definition) is 5.